The smallest absolute Gasteiger partial charge is 0.213 e. The number of aryl methyl sites for hydroxylation is 1. The highest BCUT2D eigenvalue weighted by atomic mass is 19.1. The molecule has 0 spiro atoms. The Bertz CT molecular complexity index is 982. The van der Waals surface area contributed by atoms with Crippen LogP contribution in [0.2, 0.25) is 0 Å². The molecule has 0 unspecified atom stereocenters. The van der Waals surface area contributed by atoms with Gasteiger partial charge in [-0.15, -0.1) is 10.2 Å². The molecule has 0 atom stereocenters. The second kappa shape index (κ2) is 7.11. The molecule has 1 aliphatic heterocycles. The van der Waals surface area contributed by atoms with Crippen molar-refractivity contribution in [2.75, 3.05) is 18.0 Å². The van der Waals surface area contributed by atoms with E-state index in [1.54, 1.807) is 24.7 Å². The maximum atomic E-state index is 13.2. The molecule has 0 bridgehead atoms. The standard InChI is InChI=1S/C19H18FN7/c1-21-15-5-8-22-17(14-3-4-16(20)23-11-14)18(15)27-9-6-13(7-10-27)19-25-24-12-26(19)2/h3-5,8,11-13H,6-7,9-10H2,2H3. The van der Waals surface area contributed by atoms with Gasteiger partial charge in [0.15, 0.2) is 0 Å². The number of hydrogen-bond donors (Lipinski definition) is 0. The lowest BCUT2D eigenvalue weighted by Crippen LogP contribution is -2.34. The number of aromatic nitrogens is 5. The molecule has 3 aromatic rings. The van der Waals surface area contributed by atoms with Crippen LogP contribution >= 0.6 is 0 Å². The predicted molar refractivity (Wildman–Crippen MR) is 98.9 cm³/mol. The van der Waals surface area contributed by atoms with Crippen molar-refractivity contribution in [1.29, 1.82) is 0 Å². The zero-order valence-electron chi connectivity index (χ0n) is 14.9. The van der Waals surface area contributed by atoms with Crippen molar-refractivity contribution in [3.05, 3.63) is 60.1 Å². The lowest BCUT2D eigenvalue weighted by atomic mass is 9.95. The van der Waals surface area contributed by atoms with Gasteiger partial charge in [0.1, 0.15) is 12.2 Å². The number of rotatable bonds is 3. The quantitative estimate of drug-likeness (QED) is 0.527. The number of pyridine rings is 2. The van der Waals surface area contributed by atoms with Crippen LogP contribution in [0.5, 0.6) is 0 Å². The third kappa shape index (κ3) is 3.24. The summed E-state index contributed by atoms with van der Waals surface area (Å²) in [6.07, 6.45) is 6.63. The fourth-order valence-corrected chi connectivity index (χ4v) is 3.60. The van der Waals surface area contributed by atoms with Gasteiger partial charge in [0.05, 0.1) is 18.0 Å². The molecule has 0 N–H and O–H groups in total. The molecule has 27 heavy (non-hydrogen) atoms. The number of halogens is 1. The third-order valence-electron chi connectivity index (χ3n) is 4.95. The van der Waals surface area contributed by atoms with Gasteiger partial charge in [0, 0.05) is 44.0 Å². The van der Waals surface area contributed by atoms with E-state index < -0.39 is 5.95 Å². The summed E-state index contributed by atoms with van der Waals surface area (Å²) in [6.45, 7) is 9.12. The summed E-state index contributed by atoms with van der Waals surface area (Å²) in [5.41, 5.74) is 2.69. The molecule has 1 fully saturated rings. The zero-order valence-corrected chi connectivity index (χ0v) is 14.9. The van der Waals surface area contributed by atoms with E-state index in [2.05, 4.69) is 29.9 Å². The van der Waals surface area contributed by atoms with Crippen molar-refractivity contribution < 1.29 is 4.39 Å². The highest BCUT2D eigenvalue weighted by Gasteiger charge is 2.27. The number of piperidine rings is 1. The minimum atomic E-state index is -0.536. The molecule has 3 aromatic heterocycles. The Kier molecular flexibility index (Phi) is 4.50. The maximum absolute atomic E-state index is 13.2. The summed E-state index contributed by atoms with van der Waals surface area (Å²) in [7, 11) is 1.96. The van der Waals surface area contributed by atoms with Crippen LogP contribution in [0.1, 0.15) is 24.6 Å². The largest absolute Gasteiger partial charge is 0.379 e. The van der Waals surface area contributed by atoms with Crippen molar-refractivity contribution in [2.45, 2.75) is 18.8 Å². The lowest BCUT2D eigenvalue weighted by molar-refractivity contribution is 0.474. The first kappa shape index (κ1) is 17.1. The molecular formula is C19H18FN7. The van der Waals surface area contributed by atoms with E-state index >= 15 is 0 Å². The summed E-state index contributed by atoms with van der Waals surface area (Å²) in [4.78, 5) is 14.1. The molecule has 4 rings (SSSR count). The van der Waals surface area contributed by atoms with Gasteiger partial charge in [-0.3, -0.25) is 4.98 Å². The Morgan fingerprint density at radius 3 is 2.63 bits per heavy atom. The van der Waals surface area contributed by atoms with Crippen LogP contribution < -0.4 is 4.90 Å². The van der Waals surface area contributed by atoms with Crippen LogP contribution in [0.15, 0.2) is 36.9 Å². The highest BCUT2D eigenvalue weighted by Crippen LogP contribution is 2.40. The van der Waals surface area contributed by atoms with Crippen LogP contribution in [-0.2, 0) is 7.05 Å². The number of hydrogen-bond acceptors (Lipinski definition) is 5. The molecule has 0 aromatic carbocycles. The molecule has 1 saturated heterocycles. The van der Waals surface area contributed by atoms with Crippen LogP contribution in [0.25, 0.3) is 16.1 Å². The topological polar surface area (TPSA) is 64.1 Å². The van der Waals surface area contributed by atoms with Gasteiger partial charge in [0.25, 0.3) is 0 Å². The Morgan fingerprint density at radius 1 is 1.19 bits per heavy atom. The van der Waals surface area contributed by atoms with E-state index in [4.69, 9.17) is 6.57 Å². The fraction of sp³-hybridized carbons (Fsp3) is 0.316. The summed E-state index contributed by atoms with van der Waals surface area (Å²) in [5, 5.41) is 8.21. The molecule has 4 heterocycles. The van der Waals surface area contributed by atoms with E-state index in [1.165, 1.54) is 12.3 Å². The second-order valence-corrected chi connectivity index (χ2v) is 6.57. The van der Waals surface area contributed by atoms with Gasteiger partial charge in [-0.25, -0.2) is 9.83 Å². The molecule has 0 aliphatic carbocycles. The maximum Gasteiger partial charge on any atom is 0.213 e. The van der Waals surface area contributed by atoms with E-state index in [0.717, 1.165) is 37.4 Å². The molecule has 7 nitrogen and oxygen atoms in total. The Balaban J connectivity index is 1.65. The Hall–Kier alpha value is -3.34. The SMILES string of the molecule is [C-]#[N+]c1ccnc(-c2ccc(F)nc2)c1N1CCC(c2nncn2C)CC1. The van der Waals surface area contributed by atoms with Crippen LogP contribution in [-0.4, -0.2) is 37.8 Å². The first-order chi connectivity index (χ1) is 13.2. The molecule has 8 heteroatoms. The van der Waals surface area contributed by atoms with Crippen molar-refractivity contribution in [1.82, 2.24) is 24.7 Å². The Morgan fingerprint density at radius 2 is 2.00 bits per heavy atom. The minimum Gasteiger partial charge on any atom is -0.379 e. The van der Waals surface area contributed by atoms with Crippen molar-refractivity contribution in [2.24, 2.45) is 7.05 Å². The molecule has 0 saturated carbocycles. The van der Waals surface area contributed by atoms with Gasteiger partial charge in [-0.05, 0) is 31.0 Å². The van der Waals surface area contributed by atoms with Gasteiger partial charge in [-0.2, -0.15) is 4.39 Å². The molecule has 1 aliphatic rings. The van der Waals surface area contributed by atoms with Gasteiger partial charge in [-0.1, -0.05) is 0 Å². The summed E-state index contributed by atoms with van der Waals surface area (Å²) in [5.74, 6) is 0.804. The third-order valence-corrected chi connectivity index (χ3v) is 4.95. The number of nitrogens with zero attached hydrogens (tertiary/aromatic N) is 7. The van der Waals surface area contributed by atoms with E-state index in [0.29, 0.717) is 22.9 Å². The number of anilines is 1. The van der Waals surface area contributed by atoms with Crippen LogP contribution in [0.4, 0.5) is 15.8 Å². The van der Waals surface area contributed by atoms with Crippen LogP contribution in [0, 0.1) is 12.5 Å². The van der Waals surface area contributed by atoms with Crippen molar-refractivity contribution in [3.8, 4) is 11.3 Å². The monoisotopic (exact) mass is 363 g/mol. The molecular weight excluding hydrogens is 345 g/mol. The average molecular weight is 363 g/mol. The molecule has 136 valence electrons. The highest BCUT2D eigenvalue weighted by molar-refractivity contribution is 5.85. The van der Waals surface area contributed by atoms with Crippen LogP contribution in [0.3, 0.4) is 0 Å². The first-order valence-electron chi connectivity index (χ1n) is 8.74. The van der Waals surface area contributed by atoms with E-state index in [9.17, 15) is 4.39 Å². The minimum absolute atomic E-state index is 0.345. The normalized spacial score (nSPS) is 14.9. The summed E-state index contributed by atoms with van der Waals surface area (Å²) < 4.78 is 15.2. The lowest BCUT2D eigenvalue weighted by Gasteiger charge is -2.34. The van der Waals surface area contributed by atoms with Gasteiger partial charge in [0.2, 0.25) is 11.6 Å². The van der Waals surface area contributed by atoms with E-state index in [1.807, 2.05) is 11.6 Å². The Labute approximate surface area is 156 Å². The van der Waals surface area contributed by atoms with E-state index in [-0.39, 0.29) is 0 Å². The predicted octanol–water partition coefficient (Wildman–Crippen LogP) is 3.35. The summed E-state index contributed by atoms with van der Waals surface area (Å²) >= 11 is 0. The fourth-order valence-electron chi connectivity index (χ4n) is 3.60. The molecule has 0 radical (unpaired) electrons. The first-order valence-corrected chi connectivity index (χ1v) is 8.74. The summed E-state index contributed by atoms with van der Waals surface area (Å²) in [6, 6.07) is 4.68. The van der Waals surface area contributed by atoms with Gasteiger partial charge < -0.3 is 9.47 Å². The zero-order chi connectivity index (χ0) is 18.8. The van der Waals surface area contributed by atoms with Crippen molar-refractivity contribution >= 4 is 11.4 Å². The van der Waals surface area contributed by atoms with Crippen molar-refractivity contribution in [3.63, 3.8) is 0 Å². The second-order valence-electron chi connectivity index (χ2n) is 6.57. The molecule has 0 amide bonds. The average Bonchev–Trinajstić information content (AvgIpc) is 3.14. The van der Waals surface area contributed by atoms with Gasteiger partial charge >= 0.3 is 0 Å².